The van der Waals surface area contributed by atoms with E-state index in [0.717, 1.165) is 5.56 Å². The number of carbonyl (C=O) groups is 1. The minimum atomic E-state index is -1.24. The quantitative estimate of drug-likeness (QED) is 0.783. The van der Waals surface area contributed by atoms with Gasteiger partial charge in [0.25, 0.3) is 0 Å². The maximum absolute atomic E-state index is 11.6. The number of aliphatic hydroxyl groups is 1. The Balaban J connectivity index is 2.95. The zero-order chi connectivity index (χ0) is 12.2. The van der Waals surface area contributed by atoms with Gasteiger partial charge in [0.1, 0.15) is 11.4 Å². The number of Topliss-reactive ketones (excluding diaryl/α,β-unsaturated/α-hetero) is 1. The molecule has 0 amide bonds. The first-order valence-corrected chi connectivity index (χ1v) is 5.22. The molecular formula is C14H16O2. The molecule has 0 aliphatic carbocycles. The molecular weight excluding hydrogens is 200 g/mol. The van der Waals surface area contributed by atoms with Crippen molar-refractivity contribution in [1.29, 1.82) is 0 Å². The minimum Gasteiger partial charge on any atom is -0.378 e. The van der Waals surface area contributed by atoms with Crippen molar-refractivity contribution in [1.82, 2.24) is 0 Å². The largest absolute Gasteiger partial charge is 0.378 e. The van der Waals surface area contributed by atoms with Crippen molar-refractivity contribution in [2.75, 3.05) is 0 Å². The fourth-order valence-electron chi connectivity index (χ4n) is 1.64. The molecule has 0 fully saturated rings. The standard InChI is InChI=1S/C14H16O2/c1-4-14(3,16)10-13(11(2)15)12-8-6-5-7-9-12/h1,5-9,13,16H,10H2,2-3H3. The lowest BCUT2D eigenvalue weighted by Crippen LogP contribution is -2.27. The minimum absolute atomic E-state index is 0.0155. The van der Waals surface area contributed by atoms with Crippen molar-refractivity contribution >= 4 is 5.78 Å². The third kappa shape index (κ3) is 3.22. The molecule has 2 unspecified atom stereocenters. The maximum atomic E-state index is 11.6. The number of terminal acetylenes is 1. The molecule has 2 heteroatoms. The van der Waals surface area contributed by atoms with E-state index in [0.29, 0.717) is 0 Å². The molecule has 1 rings (SSSR count). The van der Waals surface area contributed by atoms with Crippen molar-refractivity contribution < 1.29 is 9.90 Å². The van der Waals surface area contributed by atoms with Crippen LogP contribution in [0.1, 0.15) is 31.7 Å². The van der Waals surface area contributed by atoms with Crippen LogP contribution in [0.5, 0.6) is 0 Å². The van der Waals surface area contributed by atoms with Crippen molar-refractivity contribution in [3.8, 4) is 12.3 Å². The second kappa shape index (κ2) is 4.96. The molecule has 0 radical (unpaired) electrons. The van der Waals surface area contributed by atoms with Crippen LogP contribution in [0.2, 0.25) is 0 Å². The Hall–Kier alpha value is -1.59. The van der Waals surface area contributed by atoms with Crippen LogP contribution in [-0.4, -0.2) is 16.5 Å². The summed E-state index contributed by atoms with van der Waals surface area (Å²) < 4.78 is 0. The van der Waals surface area contributed by atoms with Gasteiger partial charge >= 0.3 is 0 Å². The Morgan fingerprint density at radius 3 is 2.50 bits per heavy atom. The summed E-state index contributed by atoms with van der Waals surface area (Å²) in [6, 6.07) is 9.38. The lowest BCUT2D eigenvalue weighted by atomic mass is 9.85. The Morgan fingerprint density at radius 1 is 1.50 bits per heavy atom. The van der Waals surface area contributed by atoms with Crippen LogP contribution in [-0.2, 0) is 4.79 Å². The highest BCUT2D eigenvalue weighted by Gasteiger charge is 2.26. The smallest absolute Gasteiger partial charge is 0.137 e. The van der Waals surface area contributed by atoms with E-state index >= 15 is 0 Å². The van der Waals surface area contributed by atoms with Crippen LogP contribution in [0.4, 0.5) is 0 Å². The average molecular weight is 216 g/mol. The molecule has 0 aliphatic rings. The topological polar surface area (TPSA) is 37.3 Å². The van der Waals surface area contributed by atoms with Crippen LogP contribution >= 0.6 is 0 Å². The van der Waals surface area contributed by atoms with Gasteiger partial charge < -0.3 is 5.11 Å². The van der Waals surface area contributed by atoms with Gasteiger partial charge in [0.2, 0.25) is 0 Å². The zero-order valence-electron chi connectivity index (χ0n) is 9.60. The van der Waals surface area contributed by atoms with Crippen molar-refractivity contribution in [3.05, 3.63) is 35.9 Å². The van der Waals surface area contributed by atoms with Crippen molar-refractivity contribution in [2.24, 2.45) is 0 Å². The summed E-state index contributed by atoms with van der Waals surface area (Å²) in [7, 11) is 0. The Labute approximate surface area is 96.3 Å². The van der Waals surface area contributed by atoms with E-state index < -0.39 is 5.60 Å². The Kier molecular flexibility index (Phi) is 3.87. The van der Waals surface area contributed by atoms with Gasteiger partial charge in [0.15, 0.2) is 0 Å². The van der Waals surface area contributed by atoms with Gasteiger partial charge in [-0.2, -0.15) is 0 Å². The number of hydrogen-bond acceptors (Lipinski definition) is 2. The molecule has 0 bridgehead atoms. The molecule has 0 spiro atoms. The summed E-state index contributed by atoms with van der Waals surface area (Å²) in [4.78, 5) is 11.6. The third-order valence-electron chi connectivity index (χ3n) is 2.61. The molecule has 0 saturated carbocycles. The monoisotopic (exact) mass is 216 g/mol. The Bertz CT molecular complexity index is 398. The maximum Gasteiger partial charge on any atom is 0.137 e. The fourth-order valence-corrected chi connectivity index (χ4v) is 1.64. The lowest BCUT2D eigenvalue weighted by molar-refractivity contribution is -0.119. The number of carbonyl (C=O) groups excluding carboxylic acids is 1. The summed E-state index contributed by atoms with van der Waals surface area (Å²) in [5.41, 5.74) is -0.350. The second-order valence-corrected chi connectivity index (χ2v) is 4.20. The van der Waals surface area contributed by atoms with Gasteiger partial charge in [-0.15, -0.1) is 6.42 Å². The molecule has 1 aromatic rings. The third-order valence-corrected chi connectivity index (χ3v) is 2.61. The first-order chi connectivity index (χ1) is 7.46. The number of rotatable bonds is 4. The molecule has 0 aromatic heterocycles. The summed E-state index contributed by atoms with van der Waals surface area (Å²) in [5, 5.41) is 9.82. The van der Waals surface area contributed by atoms with E-state index in [-0.39, 0.29) is 18.1 Å². The highest BCUT2D eigenvalue weighted by atomic mass is 16.3. The van der Waals surface area contributed by atoms with E-state index in [2.05, 4.69) is 5.92 Å². The molecule has 84 valence electrons. The van der Waals surface area contributed by atoms with Crippen LogP contribution in [0.15, 0.2) is 30.3 Å². The fraction of sp³-hybridized carbons (Fsp3) is 0.357. The summed E-state index contributed by atoms with van der Waals surface area (Å²) >= 11 is 0. The molecule has 0 aliphatic heterocycles. The molecule has 0 saturated heterocycles. The van der Waals surface area contributed by atoms with E-state index in [1.54, 1.807) is 6.92 Å². The number of ketones is 1. The summed E-state index contributed by atoms with van der Waals surface area (Å²) in [6.45, 7) is 3.07. The average Bonchev–Trinajstić information content (AvgIpc) is 2.27. The molecule has 1 aromatic carbocycles. The van der Waals surface area contributed by atoms with E-state index in [1.807, 2.05) is 30.3 Å². The van der Waals surface area contributed by atoms with Gasteiger partial charge in [-0.25, -0.2) is 0 Å². The van der Waals surface area contributed by atoms with Crippen molar-refractivity contribution in [3.63, 3.8) is 0 Å². The van der Waals surface area contributed by atoms with E-state index in [4.69, 9.17) is 6.42 Å². The van der Waals surface area contributed by atoms with Crippen LogP contribution in [0.25, 0.3) is 0 Å². The van der Waals surface area contributed by atoms with Crippen LogP contribution < -0.4 is 0 Å². The first-order valence-electron chi connectivity index (χ1n) is 5.22. The van der Waals surface area contributed by atoms with E-state index in [1.165, 1.54) is 6.92 Å². The van der Waals surface area contributed by atoms with E-state index in [9.17, 15) is 9.90 Å². The highest BCUT2D eigenvalue weighted by Crippen LogP contribution is 2.26. The zero-order valence-corrected chi connectivity index (χ0v) is 9.60. The van der Waals surface area contributed by atoms with Gasteiger partial charge in [-0.05, 0) is 19.4 Å². The highest BCUT2D eigenvalue weighted by molar-refractivity contribution is 5.83. The van der Waals surface area contributed by atoms with Crippen molar-refractivity contribution in [2.45, 2.75) is 31.8 Å². The summed E-state index contributed by atoms with van der Waals surface area (Å²) in [5.74, 6) is 1.97. The van der Waals surface area contributed by atoms with Gasteiger partial charge in [-0.1, -0.05) is 36.3 Å². The molecule has 16 heavy (non-hydrogen) atoms. The normalized spacial score (nSPS) is 15.9. The van der Waals surface area contributed by atoms with Gasteiger partial charge in [0, 0.05) is 12.3 Å². The molecule has 2 nitrogen and oxygen atoms in total. The predicted octanol–water partition coefficient (Wildman–Crippen LogP) is 2.13. The molecule has 0 heterocycles. The van der Waals surface area contributed by atoms with Crippen LogP contribution in [0.3, 0.4) is 0 Å². The predicted molar refractivity (Wildman–Crippen MR) is 63.9 cm³/mol. The number of hydrogen-bond donors (Lipinski definition) is 1. The number of benzene rings is 1. The lowest BCUT2D eigenvalue weighted by Gasteiger charge is -2.22. The second-order valence-electron chi connectivity index (χ2n) is 4.20. The van der Waals surface area contributed by atoms with Crippen LogP contribution in [0, 0.1) is 12.3 Å². The Morgan fingerprint density at radius 2 is 2.06 bits per heavy atom. The first kappa shape index (κ1) is 12.5. The van der Waals surface area contributed by atoms with Gasteiger partial charge in [-0.3, -0.25) is 4.79 Å². The molecule has 2 atom stereocenters. The summed E-state index contributed by atoms with van der Waals surface area (Å²) in [6.07, 6.45) is 5.47. The van der Waals surface area contributed by atoms with Gasteiger partial charge in [0.05, 0.1) is 0 Å². The SMILES string of the molecule is C#CC(C)(O)CC(C(C)=O)c1ccccc1. The molecule has 1 N–H and O–H groups in total.